The number of aromatic nitrogens is 1. The molecule has 0 bridgehead atoms. The fraction of sp³-hybridized carbons (Fsp3) is 0.250. The molecule has 1 aromatic heterocycles. The van der Waals surface area contributed by atoms with E-state index in [-0.39, 0.29) is 0 Å². The zero-order chi connectivity index (χ0) is 12.4. The summed E-state index contributed by atoms with van der Waals surface area (Å²) in [5, 5.41) is 6.63. The molecule has 2 heterocycles. The summed E-state index contributed by atoms with van der Waals surface area (Å²) in [7, 11) is 0. The number of nitrogens with zero attached hydrogens (tertiary/aromatic N) is 1. The van der Waals surface area contributed by atoms with Gasteiger partial charge in [-0.05, 0) is 17.7 Å². The Labute approximate surface area is 114 Å². The van der Waals surface area contributed by atoms with E-state index < -0.39 is 0 Å². The summed E-state index contributed by atoms with van der Waals surface area (Å²) in [6.45, 7) is 1.76. The lowest BCUT2D eigenvalue weighted by atomic mass is 10.2. The number of benzene rings is 1. The highest BCUT2D eigenvalue weighted by atomic mass is 35.5. The highest BCUT2D eigenvalue weighted by Crippen LogP contribution is 2.38. The second-order valence-electron chi connectivity index (χ2n) is 3.79. The summed E-state index contributed by atoms with van der Waals surface area (Å²) in [6, 6.07) is 3.83. The second-order valence-corrected chi connectivity index (χ2v) is 5.09. The van der Waals surface area contributed by atoms with Crippen molar-refractivity contribution in [2.24, 2.45) is 0 Å². The Kier molecular flexibility index (Phi) is 3.25. The number of hydrogen-bond acceptors (Lipinski definition) is 5. The summed E-state index contributed by atoms with van der Waals surface area (Å²) in [6.07, 6.45) is 1.77. The minimum absolute atomic E-state index is 0.545. The van der Waals surface area contributed by atoms with Gasteiger partial charge < -0.3 is 14.8 Å². The Morgan fingerprint density at radius 1 is 1.33 bits per heavy atom. The lowest BCUT2D eigenvalue weighted by Crippen LogP contribution is -2.16. The van der Waals surface area contributed by atoms with E-state index in [1.807, 2.05) is 17.5 Å². The molecule has 1 aliphatic heterocycles. The molecule has 0 saturated carbocycles. The van der Waals surface area contributed by atoms with Crippen LogP contribution < -0.4 is 14.8 Å². The topological polar surface area (TPSA) is 43.4 Å². The number of ether oxygens (including phenoxy) is 2. The van der Waals surface area contributed by atoms with E-state index in [0.717, 1.165) is 10.7 Å². The van der Waals surface area contributed by atoms with Crippen molar-refractivity contribution in [3.05, 3.63) is 34.3 Å². The molecule has 2 aromatic rings. The molecule has 0 fully saturated rings. The van der Waals surface area contributed by atoms with Gasteiger partial charge in [0, 0.05) is 18.1 Å². The molecule has 0 unspecified atom stereocenters. The number of nitrogens with one attached hydrogen (secondary N) is 1. The van der Waals surface area contributed by atoms with Gasteiger partial charge in [-0.15, -0.1) is 11.3 Å². The van der Waals surface area contributed by atoms with E-state index in [2.05, 4.69) is 10.3 Å². The first-order valence-electron chi connectivity index (χ1n) is 5.54. The minimum atomic E-state index is 0.545. The highest BCUT2D eigenvalue weighted by molar-refractivity contribution is 7.13. The molecule has 4 nitrogen and oxygen atoms in total. The molecule has 0 radical (unpaired) electrons. The SMILES string of the molecule is Clc1cc(CNc2nccs2)cc2c1OCCO2. The Bertz CT molecular complexity index is 545. The van der Waals surface area contributed by atoms with Gasteiger partial charge in [0.2, 0.25) is 0 Å². The molecule has 0 saturated heterocycles. The lowest BCUT2D eigenvalue weighted by molar-refractivity contribution is 0.171. The molecule has 1 N–H and O–H groups in total. The van der Waals surface area contributed by atoms with Crippen LogP contribution >= 0.6 is 22.9 Å². The first kappa shape index (κ1) is 11.6. The highest BCUT2D eigenvalue weighted by Gasteiger charge is 2.16. The summed E-state index contributed by atoms with van der Waals surface area (Å²) in [5.41, 5.74) is 1.04. The van der Waals surface area contributed by atoms with Gasteiger partial charge in [0.15, 0.2) is 16.6 Å². The Balaban J connectivity index is 1.78. The maximum Gasteiger partial charge on any atom is 0.182 e. The van der Waals surface area contributed by atoms with Crippen molar-refractivity contribution in [1.82, 2.24) is 4.98 Å². The van der Waals surface area contributed by atoms with Crippen molar-refractivity contribution >= 4 is 28.1 Å². The third kappa shape index (κ3) is 2.37. The van der Waals surface area contributed by atoms with Crippen molar-refractivity contribution in [1.29, 1.82) is 0 Å². The van der Waals surface area contributed by atoms with Gasteiger partial charge in [0.25, 0.3) is 0 Å². The molecule has 0 amide bonds. The Hall–Kier alpha value is -1.46. The first-order valence-corrected chi connectivity index (χ1v) is 6.80. The van der Waals surface area contributed by atoms with E-state index in [9.17, 15) is 0 Å². The average Bonchev–Trinajstić information content (AvgIpc) is 2.90. The number of rotatable bonds is 3. The fourth-order valence-electron chi connectivity index (χ4n) is 1.75. The first-order chi connectivity index (χ1) is 8.83. The second kappa shape index (κ2) is 5.04. The van der Waals surface area contributed by atoms with Gasteiger partial charge in [-0.2, -0.15) is 0 Å². The smallest absolute Gasteiger partial charge is 0.182 e. The van der Waals surface area contributed by atoms with Crippen LogP contribution in [0.4, 0.5) is 5.13 Å². The van der Waals surface area contributed by atoms with Crippen LogP contribution in [0.3, 0.4) is 0 Å². The molecular formula is C12H11ClN2O2S. The van der Waals surface area contributed by atoms with Gasteiger partial charge in [-0.25, -0.2) is 4.98 Å². The van der Waals surface area contributed by atoms with Gasteiger partial charge in [-0.1, -0.05) is 11.6 Å². The molecule has 94 valence electrons. The molecule has 6 heteroatoms. The van der Waals surface area contributed by atoms with E-state index >= 15 is 0 Å². The Morgan fingerprint density at radius 3 is 3.06 bits per heavy atom. The van der Waals surface area contributed by atoms with Crippen LogP contribution in [-0.4, -0.2) is 18.2 Å². The number of thiazole rings is 1. The van der Waals surface area contributed by atoms with E-state index in [1.165, 1.54) is 0 Å². The van der Waals surface area contributed by atoms with Gasteiger partial charge in [-0.3, -0.25) is 0 Å². The lowest BCUT2D eigenvalue weighted by Gasteiger charge is -2.20. The van der Waals surface area contributed by atoms with Crippen molar-refractivity contribution < 1.29 is 9.47 Å². The predicted octanol–water partition coefficient (Wildman–Crippen LogP) is 3.18. The van der Waals surface area contributed by atoms with Crippen LogP contribution in [0, 0.1) is 0 Å². The number of anilines is 1. The number of hydrogen-bond donors (Lipinski definition) is 1. The van der Waals surface area contributed by atoms with Gasteiger partial charge in [0.05, 0.1) is 5.02 Å². The summed E-state index contributed by atoms with van der Waals surface area (Å²) in [4.78, 5) is 4.16. The largest absolute Gasteiger partial charge is 0.486 e. The summed E-state index contributed by atoms with van der Waals surface area (Å²) < 4.78 is 11.0. The van der Waals surface area contributed by atoms with Crippen LogP contribution in [0.5, 0.6) is 11.5 Å². The third-order valence-electron chi connectivity index (χ3n) is 2.53. The molecule has 1 aromatic carbocycles. The molecule has 3 rings (SSSR count). The minimum Gasteiger partial charge on any atom is -0.486 e. The predicted molar refractivity (Wildman–Crippen MR) is 71.9 cm³/mol. The normalized spacial score (nSPS) is 13.4. The summed E-state index contributed by atoms with van der Waals surface area (Å²) in [5.74, 6) is 1.35. The third-order valence-corrected chi connectivity index (χ3v) is 3.54. The van der Waals surface area contributed by atoms with Crippen molar-refractivity contribution in [3.8, 4) is 11.5 Å². The molecule has 0 spiro atoms. The fourth-order valence-corrected chi connectivity index (χ4v) is 2.57. The average molecular weight is 283 g/mol. The molecule has 0 aliphatic carbocycles. The quantitative estimate of drug-likeness (QED) is 0.939. The molecule has 0 atom stereocenters. The zero-order valence-corrected chi connectivity index (χ0v) is 11.1. The molecular weight excluding hydrogens is 272 g/mol. The standard InChI is InChI=1S/C12H11ClN2O2S/c13-9-5-8(7-15-12-14-1-4-18-12)6-10-11(9)17-3-2-16-10/h1,4-6H,2-3,7H2,(H,14,15). The van der Waals surface area contributed by atoms with Crippen LogP contribution in [0.1, 0.15) is 5.56 Å². The number of halogens is 1. The maximum absolute atomic E-state index is 6.16. The summed E-state index contributed by atoms with van der Waals surface area (Å²) >= 11 is 7.73. The molecule has 1 aliphatic rings. The van der Waals surface area contributed by atoms with Gasteiger partial charge in [0.1, 0.15) is 13.2 Å². The Morgan fingerprint density at radius 2 is 2.22 bits per heavy atom. The molecule has 18 heavy (non-hydrogen) atoms. The monoisotopic (exact) mass is 282 g/mol. The van der Waals surface area contributed by atoms with Crippen LogP contribution in [-0.2, 0) is 6.54 Å². The number of fused-ring (bicyclic) bond motifs is 1. The van der Waals surface area contributed by atoms with Crippen LogP contribution in [0.25, 0.3) is 0 Å². The van der Waals surface area contributed by atoms with Crippen molar-refractivity contribution in [3.63, 3.8) is 0 Å². The van der Waals surface area contributed by atoms with Crippen LogP contribution in [0.15, 0.2) is 23.7 Å². The van der Waals surface area contributed by atoms with Gasteiger partial charge >= 0.3 is 0 Å². The van der Waals surface area contributed by atoms with E-state index in [0.29, 0.717) is 36.3 Å². The maximum atomic E-state index is 6.16. The zero-order valence-electron chi connectivity index (χ0n) is 9.48. The van der Waals surface area contributed by atoms with Crippen molar-refractivity contribution in [2.75, 3.05) is 18.5 Å². The van der Waals surface area contributed by atoms with Crippen LogP contribution in [0.2, 0.25) is 5.02 Å². The van der Waals surface area contributed by atoms with E-state index in [4.69, 9.17) is 21.1 Å². The van der Waals surface area contributed by atoms with Crippen molar-refractivity contribution in [2.45, 2.75) is 6.54 Å². The van der Waals surface area contributed by atoms with E-state index in [1.54, 1.807) is 17.5 Å².